The fraction of sp³-hybridized carbons (Fsp3) is 0.214. The summed E-state index contributed by atoms with van der Waals surface area (Å²) in [6, 6.07) is 15.9. The van der Waals surface area contributed by atoms with Crippen LogP contribution in [-0.2, 0) is 11.2 Å². The lowest BCUT2D eigenvalue weighted by atomic mass is 10.0. The Labute approximate surface area is 238 Å². The van der Waals surface area contributed by atoms with Crippen molar-refractivity contribution in [1.29, 1.82) is 0 Å². The summed E-state index contributed by atoms with van der Waals surface area (Å²) in [6.45, 7) is 0.522. The van der Waals surface area contributed by atoms with Gasteiger partial charge in [0.2, 0.25) is 0 Å². The number of benzene rings is 2. The lowest BCUT2D eigenvalue weighted by Crippen LogP contribution is -2.32. The second-order valence-electron chi connectivity index (χ2n) is 9.57. The molecule has 1 unspecified atom stereocenters. The Morgan fingerprint density at radius 1 is 1.17 bits per heavy atom. The van der Waals surface area contributed by atoms with Gasteiger partial charge in [-0.3, -0.25) is 9.69 Å². The molecule has 3 aromatic heterocycles. The summed E-state index contributed by atoms with van der Waals surface area (Å²) in [7, 11) is 1.53. The first-order valence-corrected chi connectivity index (χ1v) is 13.2. The molecule has 0 spiro atoms. The molecule has 1 amide bonds. The normalized spacial score (nSPS) is 14.2. The Balaban J connectivity index is 1.28. The number of hydrogen-bond acceptors (Lipinski definition) is 7. The van der Waals surface area contributed by atoms with Gasteiger partial charge in [0.15, 0.2) is 0 Å². The predicted octanol–water partition coefficient (Wildman–Crippen LogP) is 4.20. The van der Waals surface area contributed by atoms with Gasteiger partial charge in [-0.05, 0) is 70.8 Å². The highest BCUT2D eigenvalue weighted by molar-refractivity contribution is 6.31. The van der Waals surface area contributed by atoms with E-state index in [-0.39, 0.29) is 18.1 Å². The van der Waals surface area contributed by atoms with Crippen molar-refractivity contribution in [2.45, 2.75) is 18.9 Å². The van der Waals surface area contributed by atoms with Crippen LogP contribution in [0.25, 0.3) is 28.1 Å². The molecule has 2 N–H and O–H groups in total. The van der Waals surface area contributed by atoms with Gasteiger partial charge >= 0.3 is 6.09 Å². The van der Waals surface area contributed by atoms with E-state index in [0.717, 1.165) is 28.1 Å². The number of imidazole rings is 1. The van der Waals surface area contributed by atoms with Crippen molar-refractivity contribution in [3.63, 3.8) is 0 Å². The SMILES string of the molecule is COCCN(C(=O)O)c1ccc(-c2cnc(C3CCc4cc(-c5cc(Cl)ccc5-n5cnnn5)cc(=O)n43)[nH]2)cc1. The maximum Gasteiger partial charge on any atom is 0.411 e. The molecule has 5 aromatic rings. The Morgan fingerprint density at radius 2 is 2.00 bits per heavy atom. The van der Waals surface area contributed by atoms with Crippen LogP contribution in [0.1, 0.15) is 24.0 Å². The molecule has 0 fully saturated rings. The first-order chi connectivity index (χ1) is 19.9. The molecule has 0 saturated carbocycles. The molecular formula is C28H25ClN8O4. The second kappa shape index (κ2) is 11.0. The van der Waals surface area contributed by atoms with Crippen LogP contribution in [0.3, 0.4) is 0 Å². The van der Waals surface area contributed by atoms with E-state index in [9.17, 15) is 14.7 Å². The number of fused-ring (bicyclic) bond motifs is 1. The molecule has 41 heavy (non-hydrogen) atoms. The van der Waals surface area contributed by atoms with Crippen molar-refractivity contribution < 1.29 is 14.6 Å². The molecule has 208 valence electrons. The third kappa shape index (κ3) is 5.10. The second-order valence-corrected chi connectivity index (χ2v) is 10.0. The molecule has 1 aliphatic heterocycles. The number of halogens is 1. The smallest absolute Gasteiger partial charge is 0.411 e. The molecular weight excluding hydrogens is 548 g/mol. The molecule has 6 rings (SSSR count). The van der Waals surface area contributed by atoms with Gasteiger partial charge in [0.25, 0.3) is 5.56 Å². The first kappa shape index (κ1) is 26.4. The summed E-state index contributed by atoms with van der Waals surface area (Å²) in [5.41, 5.74) is 5.12. The topological polar surface area (TPSA) is 144 Å². The molecule has 0 bridgehead atoms. The van der Waals surface area contributed by atoms with E-state index in [1.54, 1.807) is 41.1 Å². The summed E-state index contributed by atoms with van der Waals surface area (Å²) in [6.07, 6.45) is 3.59. The summed E-state index contributed by atoms with van der Waals surface area (Å²) in [5.74, 6) is 0.682. The molecule has 0 saturated heterocycles. The van der Waals surface area contributed by atoms with E-state index in [2.05, 4.69) is 25.5 Å². The Bertz CT molecular complexity index is 1760. The van der Waals surface area contributed by atoms with Crippen LogP contribution < -0.4 is 10.5 Å². The molecule has 0 radical (unpaired) electrons. The van der Waals surface area contributed by atoms with E-state index in [0.29, 0.717) is 41.7 Å². The van der Waals surface area contributed by atoms with Gasteiger partial charge < -0.3 is 19.4 Å². The van der Waals surface area contributed by atoms with Crippen LogP contribution in [-0.4, -0.2) is 66.2 Å². The number of aromatic amines is 1. The third-order valence-electron chi connectivity index (χ3n) is 7.15. The number of carboxylic acid groups (broad SMARTS) is 1. The number of aromatic nitrogens is 7. The van der Waals surface area contributed by atoms with Crippen molar-refractivity contribution in [3.05, 3.63) is 94.0 Å². The number of amides is 1. The standard InChI is InChI=1S/C28H25ClN8O4/c1-41-11-10-35(28(39)40)20-5-2-17(3-6-20)23-15-30-27(32-23)25-9-7-21-12-18(13-26(38)37(21)25)22-14-19(29)4-8-24(22)36-16-31-33-34-36/h2-6,8,12-16,25H,7,9-11H2,1H3,(H,30,32)(H,39,40). The van der Waals surface area contributed by atoms with Gasteiger partial charge in [0, 0.05) is 35.1 Å². The number of tetrazole rings is 1. The minimum atomic E-state index is -1.05. The largest absolute Gasteiger partial charge is 0.465 e. The van der Waals surface area contributed by atoms with Crippen LogP contribution >= 0.6 is 11.6 Å². The van der Waals surface area contributed by atoms with Crippen LogP contribution in [0.5, 0.6) is 0 Å². The number of anilines is 1. The third-order valence-corrected chi connectivity index (χ3v) is 7.39. The summed E-state index contributed by atoms with van der Waals surface area (Å²) < 4.78 is 8.33. The van der Waals surface area contributed by atoms with Crippen molar-refractivity contribution >= 4 is 23.4 Å². The molecule has 13 heteroatoms. The Hall–Kier alpha value is -4.81. The number of pyridine rings is 1. The lowest BCUT2D eigenvalue weighted by molar-refractivity contribution is 0.186. The predicted molar refractivity (Wildman–Crippen MR) is 152 cm³/mol. The number of nitrogens with zero attached hydrogens (tertiary/aromatic N) is 7. The number of methoxy groups -OCH3 is 1. The minimum absolute atomic E-state index is 0.144. The number of carbonyl (C=O) groups is 1. The van der Waals surface area contributed by atoms with Crippen molar-refractivity contribution in [3.8, 4) is 28.1 Å². The van der Waals surface area contributed by atoms with Gasteiger partial charge in [-0.1, -0.05) is 23.7 Å². The van der Waals surface area contributed by atoms with Gasteiger partial charge in [-0.15, -0.1) is 5.10 Å². The van der Waals surface area contributed by atoms with Crippen molar-refractivity contribution in [1.82, 2.24) is 34.7 Å². The zero-order chi connectivity index (χ0) is 28.5. The zero-order valence-electron chi connectivity index (χ0n) is 21.9. The highest BCUT2D eigenvalue weighted by Crippen LogP contribution is 2.34. The molecule has 4 heterocycles. The number of hydrogen-bond donors (Lipinski definition) is 2. The minimum Gasteiger partial charge on any atom is -0.465 e. The van der Waals surface area contributed by atoms with Gasteiger partial charge in [-0.25, -0.2) is 9.78 Å². The van der Waals surface area contributed by atoms with Gasteiger partial charge in [0.05, 0.1) is 36.8 Å². The van der Waals surface area contributed by atoms with Crippen LogP contribution in [0, 0.1) is 0 Å². The van der Waals surface area contributed by atoms with Crippen molar-refractivity contribution in [2.75, 3.05) is 25.2 Å². The average molecular weight is 573 g/mol. The highest BCUT2D eigenvalue weighted by Gasteiger charge is 2.28. The monoisotopic (exact) mass is 572 g/mol. The molecule has 1 atom stereocenters. The maximum atomic E-state index is 13.5. The van der Waals surface area contributed by atoms with E-state index in [4.69, 9.17) is 16.3 Å². The Kier molecular flexibility index (Phi) is 7.08. The van der Waals surface area contributed by atoms with E-state index < -0.39 is 6.09 Å². The van der Waals surface area contributed by atoms with Crippen LogP contribution in [0.4, 0.5) is 10.5 Å². The maximum absolute atomic E-state index is 13.5. The van der Waals surface area contributed by atoms with E-state index in [1.165, 1.54) is 23.0 Å². The number of H-pyrrole nitrogens is 1. The highest BCUT2D eigenvalue weighted by atomic mass is 35.5. The fourth-order valence-electron chi connectivity index (χ4n) is 5.21. The Morgan fingerprint density at radius 3 is 2.73 bits per heavy atom. The molecule has 0 aliphatic carbocycles. The molecule has 1 aliphatic rings. The van der Waals surface area contributed by atoms with E-state index in [1.807, 2.05) is 24.3 Å². The number of nitrogens with one attached hydrogen (secondary N) is 1. The summed E-state index contributed by atoms with van der Waals surface area (Å²) in [5, 5.41) is 21.5. The van der Waals surface area contributed by atoms with Crippen molar-refractivity contribution in [2.24, 2.45) is 0 Å². The number of aryl methyl sites for hydroxylation is 1. The van der Waals surface area contributed by atoms with Crippen LogP contribution in [0.15, 0.2) is 71.9 Å². The van der Waals surface area contributed by atoms with Gasteiger partial charge in [-0.2, -0.15) is 4.68 Å². The molecule has 2 aromatic carbocycles. The fourth-order valence-corrected chi connectivity index (χ4v) is 5.38. The number of ether oxygens (including phenoxy) is 1. The molecule has 12 nitrogen and oxygen atoms in total. The zero-order valence-corrected chi connectivity index (χ0v) is 22.7. The summed E-state index contributed by atoms with van der Waals surface area (Å²) in [4.78, 5) is 34.3. The average Bonchev–Trinajstić information content (AvgIpc) is 3.74. The number of rotatable bonds is 8. The first-order valence-electron chi connectivity index (χ1n) is 12.9. The van der Waals surface area contributed by atoms with Crippen LogP contribution in [0.2, 0.25) is 5.02 Å². The summed E-state index contributed by atoms with van der Waals surface area (Å²) >= 11 is 6.31. The quantitative estimate of drug-likeness (QED) is 0.281. The van der Waals surface area contributed by atoms with E-state index >= 15 is 0 Å². The lowest BCUT2D eigenvalue weighted by Gasteiger charge is -2.19. The van der Waals surface area contributed by atoms with Gasteiger partial charge in [0.1, 0.15) is 12.2 Å².